The molecule has 4 nitrogen and oxygen atoms in total. The predicted octanol–water partition coefficient (Wildman–Crippen LogP) is 3.81. The van der Waals surface area contributed by atoms with Gasteiger partial charge in [-0.15, -0.1) is 11.3 Å². The van der Waals surface area contributed by atoms with Gasteiger partial charge in [-0.25, -0.2) is 15.0 Å². The van der Waals surface area contributed by atoms with E-state index in [1.807, 2.05) is 17.6 Å². The molecule has 6 heteroatoms. The summed E-state index contributed by atoms with van der Waals surface area (Å²) in [6, 6.07) is 8.11. The third-order valence-corrected chi connectivity index (χ3v) is 4.12. The maximum atomic E-state index is 5.93. The fourth-order valence-corrected chi connectivity index (χ4v) is 3.11. The number of nitrogens with zero attached hydrogens (tertiary/aromatic N) is 3. The zero-order valence-electron chi connectivity index (χ0n) is 10.3. The lowest BCUT2D eigenvalue weighted by Gasteiger charge is -1.97. The van der Waals surface area contributed by atoms with E-state index in [9.17, 15) is 0 Å². The number of hydrogen-bond acceptors (Lipinski definition) is 4. The molecule has 0 aliphatic rings. The third kappa shape index (κ3) is 2.05. The second-order valence-corrected chi connectivity index (χ2v) is 5.86. The van der Waals surface area contributed by atoms with Gasteiger partial charge in [0.15, 0.2) is 5.65 Å². The molecule has 0 aliphatic carbocycles. The minimum atomic E-state index is 0.610. The van der Waals surface area contributed by atoms with Crippen LogP contribution in [0.1, 0.15) is 11.4 Å². The average Bonchev–Trinajstić information content (AvgIpc) is 3.03. The van der Waals surface area contributed by atoms with Gasteiger partial charge >= 0.3 is 0 Å². The van der Waals surface area contributed by atoms with Crippen molar-refractivity contribution in [1.29, 1.82) is 0 Å². The molecule has 0 radical (unpaired) electrons. The number of nitrogens with one attached hydrogen (secondary N) is 1. The van der Waals surface area contributed by atoms with Crippen LogP contribution in [0, 0.1) is 0 Å². The second-order valence-electron chi connectivity index (χ2n) is 4.54. The normalized spacial score (nSPS) is 11.4. The summed E-state index contributed by atoms with van der Waals surface area (Å²) in [5, 5.41) is 0.610. The quantitative estimate of drug-likeness (QED) is 0.612. The van der Waals surface area contributed by atoms with Gasteiger partial charge in [0.25, 0.3) is 0 Å². The van der Waals surface area contributed by atoms with Crippen LogP contribution >= 0.6 is 22.9 Å². The van der Waals surface area contributed by atoms with Crippen LogP contribution in [0.25, 0.3) is 21.4 Å². The van der Waals surface area contributed by atoms with Crippen molar-refractivity contribution in [2.75, 3.05) is 0 Å². The Labute approximate surface area is 123 Å². The molecule has 0 saturated heterocycles. The molecule has 0 bridgehead atoms. The standard InChI is InChI=1S/C14H9ClN4S/c15-9-5-11-14(16-6-9)19-13(18-11)4-8-1-2-10-12(3-8)20-7-17-10/h1-3,5-7H,4H2,(H,16,18,19). The molecule has 0 spiro atoms. The van der Waals surface area contributed by atoms with E-state index in [1.54, 1.807) is 17.5 Å². The molecule has 3 heterocycles. The van der Waals surface area contributed by atoms with Crippen LogP contribution in [0.15, 0.2) is 36.0 Å². The SMILES string of the molecule is Clc1cnc2nc(Cc3ccc4ncsc4c3)[nH]c2c1. The highest BCUT2D eigenvalue weighted by atomic mass is 35.5. The number of pyridine rings is 1. The maximum Gasteiger partial charge on any atom is 0.177 e. The van der Waals surface area contributed by atoms with E-state index in [-0.39, 0.29) is 0 Å². The van der Waals surface area contributed by atoms with Gasteiger partial charge in [-0.2, -0.15) is 0 Å². The fourth-order valence-electron chi connectivity index (χ4n) is 2.21. The Hall–Kier alpha value is -1.98. The summed E-state index contributed by atoms with van der Waals surface area (Å²) >= 11 is 7.57. The molecule has 0 fully saturated rings. The molecule has 98 valence electrons. The number of benzene rings is 1. The number of fused-ring (bicyclic) bond motifs is 2. The van der Waals surface area contributed by atoms with Crippen molar-refractivity contribution in [2.24, 2.45) is 0 Å². The Kier molecular flexibility index (Phi) is 2.68. The van der Waals surface area contributed by atoms with Crippen LogP contribution in [-0.2, 0) is 6.42 Å². The monoisotopic (exact) mass is 300 g/mol. The van der Waals surface area contributed by atoms with Crippen molar-refractivity contribution < 1.29 is 0 Å². The molecule has 0 saturated carbocycles. The van der Waals surface area contributed by atoms with Crippen LogP contribution in [0.5, 0.6) is 0 Å². The molecular weight excluding hydrogens is 292 g/mol. The molecule has 4 rings (SSSR count). The van der Waals surface area contributed by atoms with Gasteiger partial charge in [0.1, 0.15) is 5.82 Å². The molecule has 3 aromatic heterocycles. The summed E-state index contributed by atoms with van der Waals surface area (Å²) in [6.45, 7) is 0. The third-order valence-electron chi connectivity index (χ3n) is 3.12. The van der Waals surface area contributed by atoms with Gasteiger partial charge in [0, 0.05) is 12.6 Å². The van der Waals surface area contributed by atoms with Crippen molar-refractivity contribution in [3.8, 4) is 0 Å². The number of rotatable bonds is 2. The number of halogens is 1. The minimum Gasteiger partial charge on any atom is -0.340 e. The van der Waals surface area contributed by atoms with Crippen LogP contribution in [0.3, 0.4) is 0 Å². The summed E-state index contributed by atoms with van der Waals surface area (Å²) in [4.78, 5) is 16.2. The highest BCUT2D eigenvalue weighted by molar-refractivity contribution is 7.16. The summed E-state index contributed by atoms with van der Waals surface area (Å²) < 4.78 is 1.19. The fraction of sp³-hybridized carbons (Fsp3) is 0.0714. The van der Waals surface area contributed by atoms with Gasteiger partial charge in [-0.05, 0) is 23.8 Å². The lowest BCUT2D eigenvalue weighted by Crippen LogP contribution is -1.90. The van der Waals surface area contributed by atoms with E-state index in [0.717, 1.165) is 23.3 Å². The van der Waals surface area contributed by atoms with E-state index >= 15 is 0 Å². The summed E-state index contributed by atoms with van der Waals surface area (Å²) in [5.41, 5.74) is 5.67. The zero-order valence-corrected chi connectivity index (χ0v) is 11.9. The lowest BCUT2D eigenvalue weighted by molar-refractivity contribution is 1.04. The lowest BCUT2D eigenvalue weighted by atomic mass is 10.1. The number of H-pyrrole nitrogens is 1. The van der Waals surface area contributed by atoms with Gasteiger partial charge in [-0.3, -0.25) is 0 Å². The Morgan fingerprint density at radius 2 is 2.15 bits per heavy atom. The van der Waals surface area contributed by atoms with Crippen LogP contribution < -0.4 is 0 Å². The Morgan fingerprint density at radius 3 is 3.10 bits per heavy atom. The Balaban J connectivity index is 1.72. The van der Waals surface area contributed by atoms with Crippen LogP contribution in [0.4, 0.5) is 0 Å². The molecule has 0 amide bonds. The van der Waals surface area contributed by atoms with Gasteiger partial charge in [0.2, 0.25) is 0 Å². The Morgan fingerprint density at radius 1 is 1.20 bits per heavy atom. The maximum absolute atomic E-state index is 5.93. The summed E-state index contributed by atoms with van der Waals surface area (Å²) in [5.74, 6) is 0.888. The summed E-state index contributed by atoms with van der Waals surface area (Å²) in [7, 11) is 0. The molecule has 20 heavy (non-hydrogen) atoms. The van der Waals surface area contributed by atoms with Crippen LogP contribution in [-0.4, -0.2) is 19.9 Å². The molecular formula is C14H9ClN4S. The van der Waals surface area contributed by atoms with Crippen molar-refractivity contribution in [1.82, 2.24) is 19.9 Å². The van der Waals surface area contributed by atoms with Gasteiger partial charge in [0.05, 0.1) is 26.3 Å². The first-order valence-electron chi connectivity index (χ1n) is 6.10. The van der Waals surface area contributed by atoms with Gasteiger partial charge in [-0.1, -0.05) is 17.7 Å². The van der Waals surface area contributed by atoms with E-state index in [1.165, 1.54) is 10.3 Å². The largest absolute Gasteiger partial charge is 0.340 e. The smallest absolute Gasteiger partial charge is 0.177 e. The average molecular weight is 301 g/mol. The second kappa shape index (κ2) is 4.54. The first kappa shape index (κ1) is 11.8. The summed E-state index contributed by atoms with van der Waals surface area (Å²) in [6.07, 6.45) is 2.35. The van der Waals surface area contributed by atoms with E-state index in [0.29, 0.717) is 10.7 Å². The van der Waals surface area contributed by atoms with E-state index in [4.69, 9.17) is 11.6 Å². The molecule has 0 aliphatic heterocycles. The highest BCUT2D eigenvalue weighted by Gasteiger charge is 2.06. The van der Waals surface area contributed by atoms with E-state index in [2.05, 4.69) is 32.1 Å². The van der Waals surface area contributed by atoms with Crippen molar-refractivity contribution >= 4 is 44.3 Å². The van der Waals surface area contributed by atoms with Gasteiger partial charge < -0.3 is 4.98 Å². The molecule has 1 aromatic carbocycles. The predicted molar refractivity (Wildman–Crippen MR) is 81.3 cm³/mol. The number of aromatic nitrogens is 4. The first-order chi connectivity index (χ1) is 9.78. The van der Waals surface area contributed by atoms with Crippen LogP contribution in [0.2, 0.25) is 5.02 Å². The number of hydrogen-bond donors (Lipinski definition) is 1. The molecule has 4 aromatic rings. The topological polar surface area (TPSA) is 54.5 Å². The zero-order chi connectivity index (χ0) is 13.5. The Bertz CT molecular complexity index is 912. The number of aromatic amines is 1. The van der Waals surface area contributed by atoms with E-state index < -0.39 is 0 Å². The highest BCUT2D eigenvalue weighted by Crippen LogP contribution is 2.21. The molecule has 0 unspecified atom stereocenters. The number of imidazole rings is 1. The molecule has 0 atom stereocenters. The number of thiazole rings is 1. The molecule has 1 N–H and O–H groups in total. The first-order valence-corrected chi connectivity index (χ1v) is 7.36. The van der Waals surface area contributed by atoms with Crippen molar-refractivity contribution in [3.05, 3.63) is 52.4 Å². The van der Waals surface area contributed by atoms with Crippen molar-refractivity contribution in [3.63, 3.8) is 0 Å². The minimum absolute atomic E-state index is 0.610. The van der Waals surface area contributed by atoms with Crippen molar-refractivity contribution in [2.45, 2.75) is 6.42 Å².